The second kappa shape index (κ2) is 5.50. The number of rotatable bonds is 2. The lowest BCUT2D eigenvalue weighted by Gasteiger charge is -2.42. The summed E-state index contributed by atoms with van der Waals surface area (Å²) >= 11 is 0. The third-order valence-corrected chi connectivity index (χ3v) is 3.38. The van der Waals surface area contributed by atoms with Crippen molar-refractivity contribution in [1.29, 1.82) is 0 Å². The van der Waals surface area contributed by atoms with Crippen LogP contribution in [0.4, 0.5) is 4.39 Å². The zero-order valence-corrected chi connectivity index (χ0v) is 12.0. The Kier molecular flexibility index (Phi) is 4.11. The molecule has 1 heterocycles. The average molecular weight is 281 g/mol. The molecule has 0 spiro atoms. The number of carbonyl (C=O) groups is 1. The maximum Gasteiger partial charge on any atom is 0.254 e. The van der Waals surface area contributed by atoms with Crippen molar-refractivity contribution in [3.05, 3.63) is 35.1 Å². The van der Waals surface area contributed by atoms with Crippen LogP contribution in [-0.4, -0.2) is 47.3 Å². The van der Waals surface area contributed by atoms with E-state index in [2.05, 4.69) is 0 Å². The molecule has 20 heavy (non-hydrogen) atoms. The molecule has 1 aromatic carbocycles. The fourth-order valence-corrected chi connectivity index (χ4v) is 2.51. The molecule has 1 unspecified atom stereocenters. The topological polar surface area (TPSA) is 49.8 Å². The third kappa shape index (κ3) is 3.16. The molecule has 0 radical (unpaired) electrons. The minimum absolute atomic E-state index is 0.129. The van der Waals surface area contributed by atoms with Crippen LogP contribution in [0.1, 0.15) is 29.8 Å². The summed E-state index contributed by atoms with van der Waals surface area (Å²) in [5.74, 6) is -0.486. The van der Waals surface area contributed by atoms with Gasteiger partial charge in [0.1, 0.15) is 5.82 Å². The van der Waals surface area contributed by atoms with E-state index in [4.69, 9.17) is 4.74 Å². The van der Waals surface area contributed by atoms with Crippen LogP contribution in [0.5, 0.6) is 0 Å². The van der Waals surface area contributed by atoms with Crippen LogP contribution in [0.25, 0.3) is 0 Å². The molecule has 2 rings (SSSR count). The molecule has 1 aliphatic heterocycles. The highest BCUT2D eigenvalue weighted by Gasteiger charge is 2.35. The third-order valence-electron chi connectivity index (χ3n) is 3.38. The Bertz CT molecular complexity index is 516. The largest absolute Gasteiger partial charge is 0.394 e. The van der Waals surface area contributed by atoms with Gasteiger partial charge in [-0.15, -0.1) is 0 Å². The zero-order chi connectivity index (χ0) is 14.9. The van der Waals surface area contributed by atoms with Crippen molar-refractivity contribution in [2.45, 2.75) is 32.5 Å². The number of halogens is 1. The van der Waals surface area contributed by atoms with Crippen LogP contribution >= 0.6 is 0 Å². The zero-order valence-electron chi connectivity index (χ0n) is 12.0. The highest BCUT2D eigenvalue weighted by Crippen LogP contribution is 2.23. The van der Waals surface area contributed by atoms with Crippen molar-refractivity contribution in [1.82, 2.24) is 4.90 Å². The predicted octanol–water partition coefficient (Wildman–Crippen LogP) is 1.75. The molecule has 1 aliphatic rings. The van der Waals surface area contributed by atoms with Gasteiger partial charge < -0.3 is 14.7 Å². The van der Waals surface area contributed by atoms with Gasteiger partial charge in [0.25, 0.3) is 5.91 Å². The summed E-state index contributed by atoms with van der Waals surface area (Å²) in [5.41, 5.74) is 0.400. The van der Waals surface area contributed by atoms with Crippen molar-refractivity contribution in [2.24, 2.45) is 0 Å². The Hall–Kier alpha value is -1.46. The number of benzene rings is 1. The molecule has 1 amide bonds. The summed E-state index contributed by atoms with van der Waals surface area (Å²) in [5, 5.41) is 9.26. The normalized spacial score (nSPS) is 21.9. The van der Waals surface area contributed by atoms with Crippen molar-refractivity contribution < 1.29 is 19.0 Å². The molecule has 110 valence electrons. The van der Waals surface area contributed by atoms with E-state index in [-0.39, 0.29) is 24.4 Å². The molecule has 0 aliphatic carbocycles. The van der Waals surface area contributed by atoms with Crippen LogP contribution in [0.15, 0.2) is 18.2 Å². The van der Waals surface area contributed by atoms with Gasteiger partial charge in [-0.25, -0.2) is 4.39 Å². The summed E-state index contributed by atoms with van der Waals surface area (Å²) in [7, 11) is 0. The quantitative estimate of drug-likeness (QED) is 0.898. The minimum atomic E-state index is -0.504. The number of aliphatic hydroxyl groups is 1. The minimum Gasteiger partial charge on any atom is -0.394 e. The summed E-state index contributed by atoms with van der Waals surface area (Å²) in [6, 6.07) is 4.34. The first-order valence-corrected chi connectivity index (χ1v) is 6.66. The molecule has 1 N–H and O–H groups in total. The van der Waals surface area contributed by atoms with E-state index in [0.717, 1.165) is 0 Å². The van der Waals surface area contributed by atoms with Crippen molar-refractivity contribution in [2.75, 3.05) is 19.7 Å². The lowest BCUT2D eigenvalue weighted by atomic mass is 10.0. The Morgan fingerprint density at radius 3 is 2.85 bits per heavy atom. The number of amides is 1. The van der Waals surface area contributed by atoms with Crippen LogP contribution in [0.3, 0.4) is 0 Å². The van der Waals surface area contributed by atoms with Gasteiger partial charge in [-0.1, -0.05) is 0 Å². The molecule has 1 atom stereocenters. The fourth-order valence-electron chi connectivity index (χ4n) is 2.51. The number of hydrogen-bond donors (Lipinski definition) is 1. The van der Waals surface area contributed by atoms with E-state index in [1.165, 1.54) is 12.1 Å². The van der Waals surface area contributed by atoms with E-state index in [0.29, 0.717) is 24.2 Å². The number of aryl methyl sites for hydroxylation is 1. The molecule has 0 saturated carbocycles. The molecular weight excluding hydrogens is 261 g/mol. The monoisotopic (exact) mass is 281 g/mol. The summed E-state index contributed by atoms with van der Waals surface area (Å²) in [4.78, 5) is 14.1. The molecule has 5 heteroatoms. The number of hydrogen-bond acceptors (Lipinski definition) is 3. The van der Waals surface area contributed by atoms with Crippen LogP contribution in [0.2, 0.25) is 0 Å². The van der Waals surface area contributed by atoms with E-state index in [1.54, 1.807) is 17.9 Å². The number of aliphatic hydroxyl groups excluding tert-OH is 1. The number of nitrogens with zero attached hydrogens (tertiary/aromatic N) is 1. The van der Waals surface area contributed by atoms with Gasteiger partial charge in [-0.3, -0.25) is 4.79 Å². The average Bonchev–Trinajstić information content (AvgIpc) is 2.39. The highest BCUT2D eigenvalue weighted by atomic mass is 19.1. The first-order chi connectivity index (χ1) is 9.32. The van der Waals surface area contributed by atoms with Gasteiger partial charge in [0.2, 0.25) is 0 Å². The van der Waals surface area contributed by atoms with Crippen LogP contribution in [-0.2, 0) is 4.74 Å². The maximum atomic E-state index is 13.3. The molecule has 1 aromatic rings. The molecule has 1 saturated heterocycles. The summed E-state index contributed by atoms with van der Waals surface area (Å²) in [6.45, 7) is 6.05. The number of ether oxygens (including phenoxy) is 1. The highest BCUT2D eigenvalue weighted by molar-refractivity contribution is 5.94. The number of carbonyl (C=O) groups excluding carboxylic acids is 1. The summed E-state index contributed by atoms with van der Waals surface area (Å²) in [6.07, 6.45) is -0.385. The summed E-state index contributed by atoms with van der Waals surface area (Å²) < 4.78 is 18.9. The predicted molar refractivity (Wildman–Crippen MR) is 73.1 cm³/mol. The Morgan fingerprint density at radius 2 is 2.25 bits per heavy atom. The van der Waals surface area contributed by atoms with Crippen molar-refractivity contribution in [3.8, 4) is 0 Å². The van der Waals surface area contributed by atoms with Crippen LogP contribution < -0.4 is 0 Å². The standard InChI is InChI=1S/C15H20FNO3/c1-10-6-11(4-5-13(10)16)14(19)17-7-12(8-18)20-15(2,3)9-17/h4-6,12,18H,7-9H2,1-3H3. The lowest BCUT2D eigenvalue weighted by Crippen LogP contribution is -2.55. The van der Waals surface area contributed by atoms with Gasteiger partial charge in [0.05, 0.1) is 18.3 Å². The Morgan fingerprint density at radius 1 is 1.55 bits per heavy atom. The van der Waals surface area contributed by atoms with E-state index < -0.39 is 5.60 Å². The Balaban J connectivity index is 2.21. The fraction of sp³-hybridized carbons (Fsp3) is 0.533. The molecule has 1 fully saturated rings. The van der Waals surface area contributed by atoms with Crippen molar-refractivity contribution in [3.63, 3.8) is 0 Å². The van der Waals surface area contributed by atoms with E-state index in [9.17, 15) is 14.3 Å². The molecule has 4 nitrogen and oxygen atoms in total. The van der Waals surface area contributed by atoms with E-state index in [1.807, 2.05) is 13.8 Å². The number of morpholine rings is 1. The van der Waals surface area contributed by atoms with Gasteiger partial charge in [-0.05, 0) is 44.5 Å². The SMILES string of the molecule is Cc1cc(C(=O)N2CC(CO)OC(C)(C)C2)ccc1F. The molecular formula is C15H20FNO3. The second-order valence-electron chi connectivity index (χ2n) is 5.83. The van der Waals surface area contributed by atoms with Gasteiger partial charge in [0, 0.05) is 18.7 Å². The van der Waals surface area contributed by atoms with Gasteiger partial charge >= 0.3 is 0 Å². The molecule has 0 bridgehead atoms. The van der Waals surface area contributed by atoms with Crippen LogP contribution in [0, 0.1) is 12.7 Å². The van der Waals surface area contributed by atoms with Gasteiger partial charge in [-0.2, -0.15) is 0 Å². The first kappa shape index (κ1) is 14.9. The smallest absolute Gasteiger partial charge is 0.254 e. The Labute approximate surface area is 118 Å². The maximum absolute atomic E-state index is 13.3. The van der Waals surface area contributed by atoms with Gasteiger partial charge in [0.15, 0.2) is 0 Å². The van der Waals surface area contributed by atoms with E-state index >= 15 is 0 Å². The second-order valence-corrected chi connectivity index (χ2v) is 5.83. The van der Waals surface area contributed by atoms with Crippen molar-refractivity contribution >= 4 is 5.91 Å². The lowest BCUT2D eigenvalue weighted by molar-refractivity contribution is -0.139. The first-order valence-electron chi connectivity index (χ1n) is 6.66. The molecule has 0 aromatic heterocycles.